The highest BCUT2D eigenvalue weighted by Gasteiger charge is 2.40. The Bertz CT molecular complexity index is 971. The molecule has 0 aliphatic carbocycles. The van der Waals surface area contributed by atoms with Crippen molar-refractivity contribution in [3.05, 3.63) is 70.7 Å². The molecule has 1 heterocycles. The monoisotopic (exact) mass is 490 g/mol. The predicted octanol–water partition coefficient (Wildman–Crippen LogP) is 5.83. The number of carbonyl (C=O) groups is 2. The molecule has 2 amide bonds. The molecule has 1 aliphatic heterocycles. The van der Waals surface area contributed by atoms with Gasteiger partial charge in [-0.25, -0.2) is 4.79 Å². The lowest BCUT2D eigenvalue weighted by Gasteiger charge is -2.32. The number of alkyl carbamates (subject to hydrolysis) is 1. The second-order valence-corrected chi connectivity index (χ2v) is 10.2. The second kappa shape index (κ2) is 11.2. The Labute approximate surface area is 203 Å². The number of benzene rings is 2. The van der Waals surface area contributed by atoms with Crippen molar-refractivity contribution in [2.45, 2.75) is 39.5 Å². The van der Waals surface area contributed by atoms with E-state index in [4.69, 9.17) is 28.6 Å². The summed E-state index contributed by atoms with van der Waals surface area (Å²) in [5, 5.41) is 3.34. The summed E-state index contributed by atoms with van der Waals surface area (Å²) in [6.45, 7) is 6.08. The first-order valence-corrected chi connectivity index (χ1v) is 12.3. The van der Waals surface area contributed by atoms with Crippen molar-refractivity contribution in [2.75, 3.05) is 5.75 Å². The Hall–Kier alpha value is -2.09. The van der Waals surface area contributed by atoms with Crippen molar-refractivity contribution in [1.82, 2.24) is 10.2 Å². The van der Waals surface area contributed by atoms with E-state index in [-0.39, 0.29) is 24.5 Å². The Morgan fingerprint density at radius 2 is 1.81 bits per heavy atom. The zero-order valence-electron chi connectivity index (χ0n) is 18.3. The summed E-state index contributed by atoms with van der Waals surface area (Å²) in [5.74, 6) is 0.309. The number of thioether (sulfide) groups is 1. The Kier molecular flexibility index (Phi) is 8.57. The van der Waals surface area contributed by atoms with Gasteiger partial charge in [-0.2, -0.15) is 0 Å². The molecule has 0 bridgehead atoms. The lowest BCUT2D eigenvalue weighted by atomic mass is 9.92. The fraction of sp³-hybridized carbons (Fsp3) is 0.375. The minimum atomic E-state index is -0.666. The average molecular weight is 491 g/mol. The highest BCUT2D eigenvalue weighted by atomic mass is 35.5. The molecule has 1 aliphatic rings. The van der Waals surface area contributed by atoms with Crippen LogP contribution < -0.4 is 5.32 Å². The predicted molar refractivity (Wildman–Crippen MR) is 134 cm³/mol. The van der Waals surface area contributed by atoms with Gasteiger partial charge < -0.3 is 10.1 Å². The van der Waals surface area contributed by atoms with Crippen LogP contribution in [0.4, 0.5) is 4.79 Å². The number of thiocarbonyl (C=S) groups is 1. The summed E-state index contributed by atoms with van der Waals surface area (Å²) in [7, 11) is 0. The lowest BCUT2D eigenvalue weighted by molar-refractivity contribution is -0.133. The molecule has 2 aromatic carbocycles. The smallest absolute Gasteiger partial charge is 0.407 e. The molecule has 32 heavy (non-hydrogen) atoms. The largest absolute Gasteiger partial charge is 0.445 e. The topological polar surface area (TPSA) is 58.6 Å². The van der Waals surface area contributed by atoms with Crippen LogP contribution in [0.3, 0.4) is 0 Å². The molecule has 1 saturated heterocycles. The minimum absolute atomic E-state index is 0.0272. The van der Waals surface area contributed by atoms with Gasteiger partial charge in [0.05, 0.1) is 12.0 Å². The molecule has 8 heteroatoms. The van der Waals surface area contributed by atoms with Crippen molar-refractivity contribution in [3.63, 3.8) is 0 Å². The number of rotatable bonds is 7. The number of hydrogen-bond acceptors (Lipinski definition) is 5. The third kappa shape index (κ3) is 5.82. The molecular weight excluding hydrogens is 464 g/mol. The van der Waals surface area contributed by atoms with Gasteiger partial charge in [0.2, 0.25) is 5.91 Å². The van der Waals surface area contributed by atoms with E-state index in [1.165, 1.54) is 11.8 Å². The summed E-state index contributed by atoms with van der Waals surface area (Å²) < 4.78 is 5.98. The maximum absolute atomic E-state index is 13.5. The quantitative estimate of drug-likeness (QED) is 0.495. The molecule has 5 nitrogen and oxygen atoms in total. The van der Waals surface area contributed by atoms with E-state index in [0.717, 1.165) is 11.3 Å². The first-order valence-electron chi connectivity index (χ1n) is 10.5. The third-order valence-corrected chi connectivity index (χ3v) is 7.38. The van der Waals surface area contributed by atoms with Crippen molar-refractivity contribution in [3.8, 4) is 0 Å². The van der Waals surface area contributed by atoms with Gasteiger partial charge in [0.1, 0.15) is 10.9 Å². The first-order chi connectivity index (χ1) is 15.3. The van der Waals surface area contributed by atoms with Gasteiger partial charge in [-0.3, -0.25) is 9.69 Å². The summed E-state index contributed by atoms with van der Waals surface area (Å²) in [6.07, 6.45) is -0.614. The molecule has 3 rings (SSSR count). The Morgan fingerprint density at radius 1 is 1.16 bits per heavy atom. The van der Waals surface area contributed by atoms with Crippen molar-refractivity contribution in [2.24, 2.45) is 11.8 Å². The second-order valence-electron chi connectivity index (χ2n) is 8.09. The standard InChI is InChI=1S/C24H27ClN2O3S2/c1-15(2)20-14-32-24(31)27(20)22(28)16(3)21(18-11-7-8-12-19(18)25)26-23(29)30-13-17-9-5-4-6-10-17/h4-12,15-16,20-21H,13-14H2,1-3H3,(H,26,29)/t16-,20-,21-/m1/s1. The van der Waals surface area contributed by atoms with Crippen molar-refractivity contribution >= 4 is 51.9 Å². The third-order valence-electron chi connectivity index (χ3n) is 5.53. The molecule has 1 fully saturated rings. The van der Waals surface area contributed by atoms with Crippen molar-refractivity contribution in [1.29, 1.82) is 0 Å². The van der Waals surface area contributed by atoms with E-state index in [1.807, 2.05) is 48.5 Å². The molecule has 0 radical (unpaired) electrons. The van der Waals surface area contributed by atoms with Crippen LogP contribution in [0.2, 0.25) is 5.02 Å². The number of nitrogens with one attached hydrogen (secondary N) is 1. The summed E-state index contributed by atoms with van der Waals surface area (Å²) in [6, 6.07) is 16.0. The number of nitrogens with zero attached hydrogens (tertiary/aromatic N) is 1. The van der Waals surface area contributed by atoms with E-state index < -0.39 is 18.1 Å². The van der Waals surface area contributed by atoms with Crippen LogP contribution in [0.5, 0.6) is 0 Å². The van der Waals surface area contributed by atoms with Crippen molar-refractivity contribution < 1.29 is 14.3 Å². The van der Waals surface area contributed by atoms with Gasteiger partial charge in [0, 0.05) is 16.8 Å². The lowest BCUT2D eigenvalue weighted by Crippen LogP contribution is -2.47. The van der Waals surface area contributed by atoms with Gasteiger partial charge in [-0.15, -0.1) is 0 Å². The zero-order chi connectivity index (χ0) is 23.3. The van der Waals surface area contributed by atoms with Gasteiger partial charge >= 0.3 is 6.09 Å². The van der Waals surface area contributed by atoms with Gasteiger partial charge in [0.25, 0.3) is 0 Å². The minimum Gasteiger partial charge on any atom is -0.445 e. The van der Waals surface area contributed by atoms with E-state index in [2.05, 4.69) is 19.2 Å². The number of amides is 2. The van der Waals surface area contributed by atoms with Crippen LogP contribution in [-0.2, 0) is 16.1 Å². The fourth-order valence-corrected chi connectivity index (χ4v) is 5.53. The van der Waals surface area contributed by atoms with Gasteiger partial charge in [-0.1, -0.05) is 105 Å². The van der Waals surface area contributed by atoms with Crippen LogP contribution in [0.25, 0.3) is 0 Å². The molecule has 2 aromatic rings. The van der Waals surface area contributed by atoms with Crippen LogP contribution in [0.1, 0.15) is 37.9 Å². The molecule has 1 N–H and O–H groups in total. The van der Waals surface area contributed by atoms with Crippen LogP contribution in [0, 0.1) is 11.8 Å². The normalized spacial score (nSPS) is 17.8. The van der Waals surface area contributed by atoms with Gasteiger partial charge in [-0.05, 0) is 23.1 Å². The molecule has 0 spiro atoms. The first kappa shape index (κ1) is 24.6. The van der Waals surface area contributed by atoms with E-state index in [0.29, 0.717) is 14.9 Å². The van der Waals surface area contributed by atoms with Gasteiger partial charge in [0.15, 0.2) is 0 Å². The molecule has 3 atom stereocenters. The fourth-order valence-electron chi connectivity index (χ4n) is 3.63. The molecule has 170 valence electrons. The number of carbonyl (C=O) groups excluding carboxylic acids is 2. The summed E-state index contributed by atoms with van der Waals surface area (Å²) >= 11 is 13.4. The highest BCUT2D eigenvalue weighted by molar-refractivity contribution is 8.23. The average Bonchev–Trinajstić information content (AvgIpc) is 3.18. The number of ether oxygens (including phenoxy) is 1. The SMILES string of the molecule is CC(C)[C@H]1CSC(=S)N1C(=O)[C@H](C)[C@@H](NC(=O)OCc1ccccc1)c1ccccc1Cl. The van der Waals surface area contributed by atoms with E-state index in [9.17, 15) is 9.59 Å². The highest BCUT2D eigenvalue weighted by Crippen LogP contribution is 2.35. The van der Waals surface area contributed by atoms with Crippen LogP contribution >= 0.6 is 35.6 Å². The molecule has 0 aromatic heterocycles. The molecular formula is C24H27ClN2O3S2. The maximum atomic E-state index is 13.5. The number of hydrogen-bond donors (Lipinski definition) is 1. The Balaban J connectivity index is 1.81. The summed E-state index contributed by atoms with van der Waals surface area (Å²) in [5.41, 5.74) is 1.53. The van der Waals surface area contributed by atoms with Crippen LogP contribution in [-0.4, -0.2) is 33.0 Å². The van der Waals surface area contributed by atoms with E-state index >= 15 is 0 Å². The summed E-state index contributed by atoms with van der Waals surface area (Å²) in [4.78, 5) is 27.9. The maximum Gasteiger partial charge on any atom is 0.407 e. The Morgan fingerprint density at radius 3 is 2.47 bits per heavy atom. The number of halogens is 1. The molecule has 0 unspecified atom stereocenters. The molecule has 0 saturated carbocycles. The zero-order valence-corrected chi connectivity index (χ0v) is 20.7. The van der Waals surface area contributed by atoms with Crippen LogP contribution in [0.15, 0.2) is 54.6 Å². The van der Waals surface area contributed by atoms with E-state index in [1.54, 1.807) is 17.9 Å².